The van der Waals surface area contributed by atoms with Crippen LogP contribution in [0.4, 0.5) is 0 Å². The van der Waals surface area contributed by atoms with Crippen LogP contribution in [0, 0.1) is 0 Å². The van der Waals surface area contributed by atoms with Gasteiger partial charge >= 0.3 is 5.97 Å². The first-order chi connectivity index (χ1) is 16.4. The number of hydrogen-bond acceptors (Lipinski definition) is 3. The number of unbranched alkanes of at least 4 members (excludes halogenated alkanes) is 5. The average Bonchev–Trinajstić information content (AvgIpc) is 2.80. The van der Waals surface area contributed by atoms with Crippen LogP contribution in [0.3, 0.4) is 0 Å². The van der Waals surface area contributed by atoms with Gasteiger partial charge in [0.25, 0.3) is 0 Å². The average molecular weight is 469 g/mol. The first kappa shape index (κ1) is 27.9. The summed E-state index contributed by atoms with van der Waals surface area (Å²) in [6.45, 7) is 6.37. The number of carbonyl (C=O) groups is 1. The Labute approximate surface area is 207 Å². The van der Waals surface area contributed by atoms with Crippen LogP contribution in [-0.4, -0.2) is 43.8 Å². The minimum Gasteiger partial charge on any atom is -0.487 e. The molecule has 34 heavy (non-hydrogen) atoms. The molecule has 4 nitrogen and oxygen atoms in total. The molecule has 0 amide bonds. The molecule has 0 radical (unpaired) electrons. The maximum Gasteiger partial charge on any atom is 0.306 e. The number of ether oxygens (including phenoxy) is 2. The maximum absolute atomic E-state index is 12.2. The molecule has 0 aromatic heterocycles. The Hall–Kier alpha value is -2.33. The fourth-order valence-electron chi connectivity index (χ4n) is 4.24. The van der Waals surface area contributed by atoms with Gasteiger partial charge in [0.2, 0.25) is 0 Å². The number of esters is 1. The lowest BCUT2D eigenvalue weighted by Gasteiger charge is -2.29. The van der Waals surface area contributed by atoms with Gasteiger partial charge in [-0.15, -0.1) is 0 Å². The SMILES string of the molecule is CCCCCCCCc1cccc(OC(C)COC(=O)CCC[N+](C)(C)Cc2ccccc2)c1. The summed E-state index contributed by atoms with van der Waals surface area (Å²) >= 11 is 0. The summed E-state index contributed by atoms with van der Waals surface area (Å²) in [7, 11) is 4.41. The number of aryl methyl sites for hydroxylation is 1. The highest BCUT2D eigenvalue weighted by molar-refractivity contribution is 5.69. The molecule has 0 spiro atoms. The minimum absolute atomic E-state index is 0.146. The van der Waals surface area contributed by atoms with Crippen molar-refractivity contribution in [2.75, 3.05) is 27.2 Å². The van der Waals surface area contributed by atoms with Gasteiger partial charge in [-0.05, 0) is 37.5 Å². The van der Waals surface area contributed by atoms with Gasteiger partial charge in [-0.1, -0.05) is 81.5 Å². The molecule has 0 N–H and O–H groups in total. The molecule has 0 bridgehead atoms. The number of benzene rings is 2. The van der Waals surface area contributed by atoms with Crippen LogP contribution in [0.15, 0.2) is 54.6 Å². The predicted molar refractivity (Wildman–Crippen MR) is 141 cm³/mol. The standard InChI is InChI=1S/C30H46NO3/c1-5-6-7-8-9-11-16-27-19-14-20-29(23-27)34-26(2)25-33-30(32)21-15-22-31(3,4)24-28-17-12-10-13-18-28/h10,12-14,17-20,23,26H,5-9,11,15-16,21-22,24-25H2,1-4H3/q+1. The second-order valence-electron chi connectivity index (χ2n) is 10.2. The van der Waals surface area contributed by atoms with E-state index in [0.717, 1.165) is 36.2 Å². The lowest BCUT2D eigenvalue weighted by Crippen LogP contribution is -2.39. The first-order valence-electron chi connectivity index (χ1n) is 13.1. The van der Waals surface area contributed by atoms with Crippen LogP contribution >= 0.6 is 0 Å². The highest BCUT2D eigenvalue weighted by atomic mass is 16.6. The van der Waals surface area contributed by atoms with Crippen molar-refractivity contribution in [3.8, 4) is 5.75 Å². The fourth-order valence-corrected chi connectivity index (χ4v) is 4.24. The quantitative estimate of drug-likeness (QED) is 0.143. The number of rotatable bonds is 17. The van der Waals surface area contributed by atoms with E-state index in [1.54, 1.807) is 0 Å². The molecule has 1 unspecified atom stereocenters. The normalized spacial score (nSPS) is 12.4. The summed E-state index contributed by atoms with van der Waals surface area (Å²) in [5, 5.41) is 0. The van der Waals surface area contributed by atoms with Crippen LogP contribution < -0.4 is 4.74 Å². The third-order valence-electron chi connectivity index (χ3n) is 6.13. The van der Waals surface area contributed by atoms with Gasteiger partial charge in [0, 0.05) is 12.0 Å². The zero-order chi connectivity index (χ0) is 24.7. The molecule has 4 heteroatoms. The van der Waals surface area contributed by atoms with Crippen molar-refractivity contribution in [3.63, 3.8) is 0 Å². The highest BCUT2D eigenvalue weighted by Gasteiger charge is 2.17. The maximum atomic E-state index is 12.2. The number of nitrogens with zero attached hydrogens (tertiary/aromatic N) is 1. The van der Waals surface area contributed by atoms with Gasteiger partial charge in [0.1, 0.15) is 25.0 Å². The molecule has 2 rings (SSSR count). The van der Waals surface area contributed by atoms with Crippen molar-refractivity contribution in [1.29, 1.82) is 0 Å². The molecule has 0 saturated heterocycles. The van der Waals surface area contributed by atoms with Gasteiger partial charge in [-0.2, -0.15) is 0 Å². The van der Waals surface area contributed by atoms with Gasteiger partial charge in [0.05, 0.1) is 27.1 Å². The van der Waals surface area contributed by atoms with Crippen LogP contribution in [0.25, 0.3) is 0 Å². The van der Waals surface area contributed by atoms with E-state index in [4.69, 9.17) is 9.47 Å². The monoisotopic (exact) mass is 468 g/mol. The Balaban J connectivity index is 1.62. The van der Waals surface area contributed by atoms with Crippen LogP contribution in [-0.2, 0) is 22.5 Å². The number of carbonyl (C=O) groups excluding carboxylic acids is 1. The smallest absolute Gasteiger partial charge is 0.306 e. The zero-order valence-electron chi connectivity index (χ0n) is 21.9. The van der Waals surface area contributed by atoms with Crippen molar-refractivity contribution in [3.05, 3.63) is 65.7 Å². The molecular weight excluding hydrogens is 422 g/mol. The Morgan fingerprint density at radius 1 is 0.882 bits per heavy atom. The van der Waals surface area contributed by atoms with Gasteiger partial charge < -0.3 is 14.0 Å². The van der Waals surface area contributed by atoms with E-state index in [9.17, 15) is 4.79 Å². The van der Waals surface area contributed by atoms with Crippen molar-refractivity contribution >= 4 is 5.97 Å². The van der Waals surface area contributed by atoms with E-state index in [2.05, 4.69) is 63.5 Å². The van der Waals surface area contributed by atoms with Crippen LogP contribution in [0.5, 0.6) is 5.75 Å². The summed E-state index contributed by atoms with van der Waals surface area (Å²) < 4.78 is 12.3. The summed E-state index contributed by atoms with van der Waals surface area (Å²) in [4.78, 5) is 12.2. The molecule has 0 aliphatic carbocycles. The molecule has 0 saturated carbocycles. The summed E-state index contributed by atoms with van der Waals surface area (Å²) in [6, 6.07) is 18.8. The molecule has 0 aliphatic rings. The molecular formula is C30H46NO3+. The molecule has 0 heterocycles. The first-order valence-corrected chi connectivity index (χ1v) is 13.1. The van der Waals surface area contributed by atoms with Gasteiger partial charge in [-0.3, -0.25) is 4.79 Å². The molecule has 1 atom stereocenters. The van der Waals surface area contributed by atoms with Crippen molar-refractivity contribution in [1.82, 2.24) is 0 Å². The lowest BCUT2D eigenvalue weighted by molar-refractivity contribution is -0.903. The van der Waals surface area contributed by atoms with E-state index >= 15 is 0 Å². The van der Waals surface area contributed by atoms with E-state index in [0.29, 0.717) is 6.42 Å². The lowest BCUT2D eigenvalue weighted by atomic mass is 10.0. The van der Waals surface area contributed by atoms with Crippen molar-refractivity contribution in [2.45, 2.75) is 84.3 Å². The van der Waals surface area contributed by atoms with Crippen LogP contribution in [0.1, 0.15) is 76.3 Å². The summed E-state index contributed by atoms with van der Waals surface area (Å²) in [6.07, 6.45) is 10.0. The summed E-state index contributed by atoms with van der Waals surface area (Å²) in [5.41, 5.74) is 2.63. The Kier molecular flexibility index (Phi) is 12.8. The summed E-state index contributed by atoms with van der Waals surface area (Å²) in [5.74, 6) is 0.707. The van der Waals surface area contributed by atoms with Crippen LogP contribution in [0.2, 0.25) is 0 Å². The van der Waals surface area contributed by atoms with E-state index < -0.39 is 0 Å². The molecule has 188 valence electrons. The van der Waals surface area contributed by atoms with Crippen molar-refractivity contribution in [2.24, 2.45) is 0 Å². The molecule has 0 aliphatic heterocycles. The number of quaternary nitrogens is 1. The third kappa shape index (κ3) is 12.2. The fraction of sp³-hybridized carbons (Fsp3) is 0.567. The number of hydrogen-bond donors (Lipinski definition) is 0. The topological polar surface area (TPSA) is 35.5 Å². The Morgan fingerprint density at radius 2 is 1.59 bits per heavy atom. The molecule has 2 aromatic rings. The Morgan fingerprint density at radius 3 is 2.35 bits per heavy atom. The van der Waals surface area contributed by atoms with E-state index in [-0.39, 0.29) is 18.7 Å². The third-order valence-corrected chi connectivity index (χ3v) is 6.13. The van der Waals surface area contributed by atoms with Crippen molar-refractivity contribution < 1.29 is 18.8 Å². The second-order valence-corrected chi connectivity index (χ2v) is 10.2. The van der Waals surface area contributed by atoms with E-state index in [1.165, 1.54) is 49.7 Å². The van der Waals surface area contributed by atoms with E-state index in [1.807, 2.05) is 19.1 Å². The Bertz CT molecular complexity index is 819. The minimum atomic E-state index is -0.168. The second kappa shape index (κ2) is 15.5. The predicted octanol–water partition coefficient (Wildman–Crippen LogP) is 6.96. The highest BCUT2D eigenvalue weighted by Crippen LogP contribution is 2.18. The zero-order valence-corrected chi connectivity index (χ0v) is 21.9. The van der Waals surface area contributed by atoms with Gasteiger partial charge in [-0.25, -0.2) is 0 Å². The molecule has 0 fully saturated rings. The largest absolute Gasteiger partial charge is 0.487 e. The van der Waals surface area contributed by atoms with Gasteiger partial charge in [0.15, 0.2) is 0 Å². The molecule has 2 aromatic carbocycles.